The Kier molecular flexibility index (Phi) is 3.96. The Morgan fingerprint density at radius 1 is 1.16 bits per heavy atom. The molecule has 2 atom stereocenters. The molecule has 2 heterocycles. The number of rotatable bonds is 2. The monoisotopic (exact) mass is 327 g/mol. The maximum Gasteiger partial charge on any atom is 0.162 e. The number of fused-ring (bicyclic) bond motifs is 1. The van der Waals surface area contributed by atoms with Crippen LogP contribution >= 0.6 is 15.9 Å². The number of halogens is 1. The van der Waals surface area contributed by atoms with Crippen LogP contribution in [0.4, 0.5) is 0 Å². The second-order valence-corrected chi connectivity index (χ2v) is 5.87. The fourth-order valence-electron chi connectivity index (χ4n) is 2.64. The van der Waals surface area contributed by atoms with E-state index in [-0.39, 0.29) is 6.04 Å². The SMILES string of the molecule is NC(c1cc2c(cc1Br)OCCO2)C1CCCOC1. The highest BCUT2D eigenvalue weighted by atomic mass is 79.9. The molecule has 19 heavy (non-hydrogen) atoms. The van der Waals surface area contributed by atoms with Crippen LogP contribution in [0.3, 0.4) is 0 Å². The van der Waals surface area contributed by atoms with Gasteiger partial charge in [0.05, 0.1) is 6.61 Å². The van der Waals surface area contributed by atoms with E-state index in [4.69, 9.17) is 19.9 Å². The minimum Gasteiger partial charge on any atom is -0.486 e. The van der Waals surface area contributed by atoms with Gasteiger partial charge in [-0.1, -0.05) is 15.9 Å². The van der Waals surface area contributed by atoms with E-state index < -0.39 is 0 Å². The Hall–Kier alpha value is -0.780. The summed E-state index contributed by atoms with van der Waals surface area (Å²) in [6, 6.07) is 3.91. The van der Waals surface area contributed by atoms with Crippen molar-refractivity contribution in [1.82, 2.24) is 0 Å². The number of benzene rings is 1. The van der Waals surface area contributed by atoms with Gasteiger partial charge in [0.15, 0.2) is 11.5 Å². The highest BCUT2D eigenvalue weighted by molar-refractivity contribution is 9.10. The molecule has 5 heteroatoms. The maximum atomic E-state index is 6.40. The van der Waals surface area contributed by atoms with Gasteiger partial charge in [-0.15, -0.1) is 0 Å². The topological polar surface area (TPSA) is 53.7 Å². The Labute approximate surface area is 121 Å². The molecule has 1 saturated heterocycles. The Bertz CT molecular complexity index is 460. The lowest BCUT2D eigenvalue weighted by Gasteiger charge is -2.29. The van der Waals surface area contributed by atoms with Gasteiger partial charge in [0, 0.05) is 23.0 Å². The number of hydrogen-bond donors (Lipinski definition) is 1. The van der Waals surface area contributed by atoms with Gasteiger partial charge in [-0.05, 0) is 30.5 Å². The summed E-state index contributed by atoms with van der Waals surface area (Å²) in [6.45, 7) is 2.78. The molecule has 0 bridgehead atoms. The van der Waals surface area contributed by atoms with Crippen LogP contribution in [0.1, 0.15) is 24.4 Å². The Morgan fingerprint density at radius 3 is 2.58 bits per heavy atom. The molecule has 0 aliphatic carbocycles. The third-order valence-electron chi connectivity index (χ3n) is 3.72. The molecular formula is C14H18BrNO3. The molecule has 2 aliphatic rings. The van der Waals surface area contributed by atoms with Crippen molar-refractivity contribution in [2.24, 2.45) is 11.7 Å². The fraction of sp³-hybridized carbons (Fsp3) is 0.571. The highest BCUT2D eigenvalue weighted by Gasteiger charge is 2.26. The second kappa shape index (κ2) is 5.69. The van der Waals surface area contributed by atoms with Gasteiger partial charge in [0.1, 0.15) is 13.2 Å². The maximum absolute atomic E-state index is 6.40. The first-order valence-corrected chi connectivity index (χ1v) is 7.47. The van der Waals surface area contributed by atoms with Crippen LogP contribution in [0.2, 0.25) is 0 Å². The molecule has 104 valence electrons. The van der Waals surface area contributed by atoms with Crippen molar-refractivity contribution in [1.29, 1.82) is 0 Å². The van der Waals surface area contributed by atoms with E-state index >= 15 is 0 Å². The van der Waals surface area contributed by atoms with Crippen LogP contribution < -0.4 is 15.2 Å². The predicted molar refractivity (Wildman–Crippen MR) is 75.6 cm³/mol. The van der Waals surface area contributed by atoms with Gasteiger partial charge in [0.25, 0.3) is 0 Å². The zero-order chi connectivity index (χ0) is 13.2. The summed E-state index contributed by atoms with van der Waals surface area (Å²) in [5.41, 5.74) is 7.47. The summed E-state index contributed by atoms with van der Waals surface area (Å²) in [5, 5.41) is 0. The minimum absolute atomic E-state index is 0.0366. The van der Waals surface area contributed by atoms with Crippen molar-refractivity contribution >= 4 is 15.9 Å². The smallest absolute Gasteiger partial charge is 0.162 e. The molecule has 0 spiro atoms. The molecule has 0 amide bonds. The standard InChI is InChI=1S/C14H18BrNO3/c15-11-7-13-12(18-4-5-19-13)6-10(11)14(16)9-2-1-3-17-8-9/h6-7,9,14H,1-5,8,16H2. The van der Waals surface area contributed by atoms with E-state index in [2.05, 4.69) is 15.9 Å². The summed E-state index contributed by atoms with van der Waals surface area (Å²) in [5.74, 6) is 1.94. The van der Waals surface area contributed by atoms with Gasteiger partial charge >= 0.3 is 0 Å². The predicted octanol–water partition coefficient (Wildman–Crippen LogP) is 2.65. The van der Waals surface area contributed by atoms with Crippen LogP contribution in [0.15, 0.2) is 16.6 Å². The number of hydrogen-bond acceptors (Lipinski definition) is 4. The normalized spacial score (nSPS) is 24.0. The lowest BCUT2D eigenvalue weighted by molar-refractivity contribution is 0.0446. The molecule has 2 N–H and O–H groups in total. The molecule has 1 aromatic rings. The van der Waals surface area contributed by atoms with Gasteiger partial charge < -0.3 is 19.9 Å². The van der Waals surface area contributed by atoms with E-state index in [9.17, 15) is 0 Å². The van der Waals surface area contributed by atoms with Crippen LogP contribution in [0, 0.1) is 5.92 Å². The summed E-state index contributed by atoms with van der Waals surface area (Å²) >= 11 is 3.59. The summed E-state index contributed by atoms with van der Waals surface area (Å²) in [6.07, 6.45) is 2.20. The van der Waals surface area contributed by atoms with Crippen molar-refractivity contribution in [3.05, 3.63) is 22.2 Å². The summed E-state index contributed by atoms with van der Waals surface area (Å²) < 4.78 is 17.7. The lowest BCUT2D eigenvalue weighted by Crippen LogP contribution is -2.29. The Morgan fingerprint density at radius 2 is 1.89 bits per heavy atom. The quantitative estimate of drug-likeness (QED) is 0.907. The third kappa shape index (κ3) is 2.73. The molecule has 2 aliphatic heterocycles. The summed E-state index contributed by atoms with van der Waals surface area (Å²) in [4.78, 5) is 0. The Balaban J connectivity index is 1.86. The van der Waals surface area contributed by atoms with E-state index in [1.54, 1.807) is 0 Å². The van der Waals surface area contributed by atoms with Gasteiger partial charge in [-0.2, -0.15) is 0 Å². The molecular weight excluding hydrogens is 310 g/mol. The zero-order valence-electron chi connectivity index (χ0n) is 10.7. The lowest BCUT2D eigenvalue weighted by atomic mass is 9.89. The molecule has 0 radical (unpaired) electrons. The van der Waals surface area contributed by atoms with Crippen molar-refractivity contribution in [2.45, 2.75) is 18.9 Å². The number of ether oxygens (including phenoxy) is 3. The van der Waals surface area contributed by atoms with Crippen LogP contribution in [0.5, 0.6) is 11.5 Å². The molecule has 1 fully saturated rings. The summed E-state index contributed by atoms with van der Waals surface area (Å²) in [7, 11) is 0. The first-order chi connectivity index (χ1) is 9.25. The van der Waals surface area contributed by atoms with E-state index in [1.165, 1.54) is 0 Å². The van der Waals surface area contributed by atoms with Crippen LogP contribution in [0.25, 0.3) is 0 Å². The van der Waals surface area contributed by atoms with Crippen molar-refractivity contribution in [2.75, 3.05) is 26.4 Å². The largest absolute Gasteiger partial charge is 0.486 e. The molecule has 1 aromatic carbocycles. The molecule has 4 nitrogen and oxygen atoms in total. The number of nitrogens with two attached hydrogens (primary N) is 1. The first-order valence-electron chi connectivity index (χ1n) is 6.68. The van der Waals surface area contributed by atoms with E-state index in [0.29, 0.717) is 19.1 Å². The average Bonchev–Trinajstić information content (AvgIpc) is 2.47. The second-order valence-electron chi connectivity index (χ2n) is 5.02. The van der Waals surface area contributed by atoms with E-state index in [0.717, 1.165) is 47.6 Å². The molecule has 3 rings (SSSR count). The zero-order valence-corrected chi connectivity index (χ0v) is 12.3. The average molecular weight is 328 g/mol. The van der Waals surface area contributed by atoms with Gasteiger partial charge in [-0.3, -0.25) is 0 Å². The van der Waals surface area contributed by atoms with Crippen molar-refractivity contribution in [3.8, 4) is 11.5 Å². The third-order valence-corrected chi connectivity index (χ3v) is 4.41. The van der Waals surface area contributed by atoms with Crippen LogP contribution in [-0.2, 0) is 4.74 Å². The van der Waals surface area contributed by atoms with Crippen molar-refractivity contribution < 1.29 is 14.2 Å². The van der Waals surface area contributed by atoms with Gasteiger partial charge in [0.2, 0.25) is 0 Å². The highest BCUT2D eigenvalue weighted by Crippen LogP contribution is 2.39. The molecule has 0 aromatic heterocycles. The molecule has 0 saturated carbocycles. The van der Waals surface area contributed by atoms with Crippen LogP contribution in [-0.4, -0.2) is 26.4 Å². The van der Waals surface area contributed by atoms with Crippen molar-refractivity contribution in [3.63, 3.8) is 0 Å². The van der Waals surface area contributed by atoms with Gasteiger partial charge in [-0.25, -0.2) is 0 Å². The van der Waals surface area contributed by atoms with E-state index in [1.807, 2.05) is 12.1 Å². The fourth-order valence-corrected chi connectivity index (χ4v) is 3.22. The molecule has 2 unspecified atom stereocenters. The first kappa shape index (κ1) is 13.2. The minimum atomic E-state index is -0.0366.